The zero-order chi connectivity index (χ0) is 26.5. The Labute approximate surface area is 218 Å². The Bertz CT molecular complexity index is 1300. The van der Waals surface area contributed by atoms with Crippen LogP contribution < -0.4 is 4.74 Å². The first-order valence-corrected chi connectivity index (χ1v) is 12.7. The number of aryl methyl sites for hydroxylation is 1. The van der Waals surface area contributed by atoms with Gasteiger partial charge in [0.25, 0.3) is 0 Å². The number of carboxylic acids is 1. The minimum absolute atomic E-state index is 0.0229. The SMILES string of the molecule is COc1cc(C)c2[nH]cc(Cl)c2c1CN1CC[C@@H](N2CC(C(F)(F)F)C2)C[C@H]1c1ccc(C(=O)O)cc1. The van der Waals surface area contributed by atoms with E-state index >= 15 is 0 Å². The molecule has 2 aliphatic rings. The fourth-order valence-electron chi connectivity index (χ4n) is 5.76. The number of aromatic amines is 1. The largest absolute Gasteiger partial charge is 0.496 e. The number of methoxy groups -OCH3 is 1. The van der Waals surface area contributed by atoms with Crippen molar-refractivity contribution in [3.05, 3.63) is 63.8 Å². The molecule has 0 radical (unpaired) electrons. The van der Waals surface area contributed by atoms with Crippen molar-refractivity contribution in [2.45, 2.75) is 44.6 Å². The summed E-state index contributed by atoms with van der Waals surface area (Å²) in [5.74, 6) is -1.54. The van der Waals surface area contributed by atoms with Crippen LogP contribution in [-0.2, 0) is 6.54 Å². The number of nitrogens with zero attached hydrogens (tertiary/aromatic N) is 2. The molecular weight excluding hydrogens is 507 g/mol. The van der Waals surface area contributed by atoms with Gasteiger partial charge in [-0.05, 0) is 49.1 Å². The molecule has 2 N–H and O–H groups in total. The highest BCUT2D eigenvalue weighted by Crippen LogP contribution is 2.42. The van der Waals surface area contributed by atoms with Crippen LogP contribution in [0.5, 0.6) is 5.75 Å². The molecule has 37 heavy (non-hydrogen) atoms. The highest BCUT2D eigenvalue weighted by atomic mass is 35.5. The molecule has 1 aromatic heterocycles. The molecule has 2 fully saturated rings. The first-order valence-electron chi connectivity index (χ1n) is 12.3. The lowest BCUT2D eigenvalue weighted by Gasteiger charge is -2.50. The maximum Gasteiger partial charge on any atom is 0.394 e. The summed E-state index contributed by atoms with van der Waals surface area (Å²) in [5, 5.41) is 10.8. The van der Waals surface area contributed by atoms with E-state index in [-0.39, 0.29) is 30.7 Å². The van der Waals surface area contributed by atoms with Crippen LogP contribution in [0.25, 0.3) is 10.9 Å². The van der Waals surface area contributed by atoms with Crippen molar-refractivity contribution < 1.29 is 27.8 Å². The number of carbonyl (C=O) groups is 1. The van der Waals surface area contributed by atoms with Crippen molar-refractivity contribution in [2.24, 2.45) is 5.92 Å². The Balaban J connectivity index is 1.46. The van der Waals surface area contributed by atoms with Gasteiger partial charge in [0.15, 0.2) is 0 Å². The number of fused-ring (bicyclic) bond motifs is 1. The zero-order valence-electron chi connectivity index (χ0n) is 20.6. The van der Waals surface area contributed by atoms with E-state index in [1.807, 2.05) is 30.0 Å². The third kappa shape index (κ3) is 4.92. The molecule has 2 atom stereocenters. The number of aromatic carboxylic acids is 1. The van der Waals surface area contributed by atoms with Gasteiger partial charge in [-0.25, -0.2) is 4.79 Å². The summed E-state index contributed by atoms with van der Waals surface area (Å²) in [4.78, 5) is 18.8. The maximum absolute atomic E-state index is 13.1. The number of hydrogen-bond acceptors (Lipinski definition) is 4. The lowest BCUT2D eigenvalue weighted by Crippen LogP contribution is -2.59. The highest BCUT2D eigenvalue weighted by molar-refractivity contribution is 6.36. The molecule has 10 heteroatoms. The van der Waals surface area contributed by atoms with E-state index in [1.165, 1.54) is 0 Å². The van der Waals surface area contributed by atoms with Crippen molar-refractivity contribution in [1.29, 1.82) is 0 Å². The molecular formula is C27H29ClF3N3O3. The number of hydrogen-bond donors (Lipinski definition) is 2. The molecule has 5 rings (SSSR count). The van der Waals surface area contributed by atoms with Gasteiger partial charge in [0.1, 0.15) is 5.75 Å². The van der Waals surface area contributed by atoms with E-state index < -0.39 is 18.1 Å². The quantitative estimate of drug-likeness (QED) is 0.403. The monoisotopic (exact) mass is 535 g/mol. The van der Waals surface area contributed by atoms with Crippen LogP contribution in [0.3, 0.4) is 0 Å². The molecule has 0 bridgehead atoms. The summed E-state index contributed by atoms with van der Waals surface area (Å²) < 4.78 is 45.1. The van der Waals surface area contributed by atoms with Gasteiger partial charge in [0, 0.05) is 55.4 Å². The number of piperidine rings is 1. The Morgan fingerprint density at radius 1 is 1.24 bits per heavy atom. The predicted octanol–water partition coefficient (Wildman–Crippen LogP) is 6.04. The molecule has 0 unspecified atom stereocenters. The number of aromatic nitrogens is 1. The van der Waals surface area contributed by atoms with Gasteiger partial charge in [-0.1, -0.05) is 23.7 Å². The average molecular weight is 536 g/mol. The number of likely N-dealkylation sites (tertiary alicyclic amines) is 2. The fraction of sp³-hybridized carbons (Fsp3) is 0.444. The first kappa shape index (κ1) is 25.9. The van der Waals surface area contributed by atoms with E-state index in [0.29, 0.717) is 24.5 Å². The van der Waals surface area contributed by atoms with E-state index in [4.69, 9.17) is 16.3 Å². The Morgan fingerprint density at radius 3 is 2.57 bits per heavy atom. The summed E-state index contributed by atoms with van der Waals surface area (Å²) in [5.41, 5.74) is 4.03. The predicted molar refractivity (Wildman–Crippen MR) is 135 cm³/mol. The molecule has 2 aromatic carbocycles. The zero-order valence-corrected chi connectivity index (χ0v) is 21.4. The summed E-state index contributed by atoms with van der Waals surface area (Å²) in [6, 6.07) is 8.67. The number of H-pyrrole nitrogens is 1. The highest BCUT2D eigenvalue weighted by Gasteiger charge is 2.49. The number of ether oxygens (including phenoxy) is 1. The van der Waals surface area contributed by atoms with Crippen LogP contribution in [-0.4, -0.2) is 64.8 Å². The second kappa shape index (κ2) is 9.85. The minimum atomic E-state index is -4.16. The normalized spacial score (nSPS) is 21.8. The van der Waals surface area contributed by atoms with Crippen molar-refractivity contribution >= 4 is 28.5 Å². The van der Waals surface area contributed by atoms with Gasteiger partial charge in [-0.3, -0.25) is 9.80 Å². The van der Waals surface area contributed by atoms with Crippen LogP contribution >= 0.6 is 11.6 Å². The number of nitrogens with one attached hydrogen (secondary N) is 1. The van der Waals surface area contributed by atoms with E-state index in [9.17, 15) is 23.1 Å². The van der Waals surface area contributed by atoms with Gasteiger partial charge in [0.2, 0.25) is 0 Å². The Morgan fingerprint density at radius 2 is 1.95 bits per heavy atom. The lowest BCUT2D eigenvalue weighted by molar-refractivity contribution is -0.216. The summed E-state index contributed by atoms with van der Waals surface area (Å²) in [6.07, 6.45) is -1.01. The van der Waals surface area contributed by atoms with Gasteiger partial charge in [-0.2, -0.15) is 13.2 Å². The maximum atomic E-state index is 13.1. The van der Waals surface area contributed by atoms with Crippen molar-refractivity contribution in [2.75, 3.05) is 26.7 Å². The molecule has 198 valence electrons. The number of rotatable bonds is 6. The number of carboxylic acid groups (broad SMARTS) is 1. The third-order valence-corrected chi connectivity index (χ3v) is 8.17. The third-order valence-electron chi connectivity index (χ3n) is 7.87. The topological polar surface area (TPSA) is 68.8 Å². The average Bonchev–Trinajstić information content (AvgIpc) is 3.21. The molecule has 2 aliphatic heterocycles. The fourth-order valence-corrected chi connectivity index (χ4v) is 6.02. The molecule has 3 aromatic rings. The van der Waals surface area contributed by atoms with Crippen LogP contribution in [0.15, 0.2) is 36.5 Å². The lowest BCUT2D eigenvalue weighted by atomic mass is 9.86. The second-order valence-electron chi connectivity index (χ2n) is 10.0. The van der Waals surface area contributed by atoms with Crippen LogP contribution in [0, 0.1) is 12.8 Å². The standard InChI is InChI=1S/C27H29ClF3N3O3/c1-15-9-23(37-2)20(24-21(28)11-32-25(15)24)14-33-8-7-19(34-12-18(13-34)27(29,30)31)10-22(33)16-3-5-17(6-4-16)26(35)36/h3-6,9,11,18-19,22,32H,7-8,10,12-14H2,1-2H3,(H,35,36)/t19-,22+/m1/s1. The number of benzene rings is 2. The molecule has 0 amide bonds. The molecule has 6 nitrogen and oxygen atoms in total. The van der Waals surface area contributed by atoms with Gasteiger partial charge in [-0.15, -0.1) is 0 Å². The molecule has 2 saturated heterocycles. The second-order valence-corrected chi connectivity index (χ2v) is 10.5. The molecule has 0 spiro atoms. The summed E-state index contributed by atoms with van der Waals surface area (Å²) >= 11 is 6.58. The Hall–Kier alpha value is -2.75. The van der Waals surface area contributed by atoms with Crippen LogP contribution in [0.4, 0.5) is 13.2 Å². The van der Waals surface area contributed by atoms with E-state index in [1.54, 1.807) is 25.4 Å². The number of alkyl halides is 3. The van der Waals surface area contributed by atoms with E-state index in [0.717, 1.165) is 39.8 Å². The van der Waals surface area contributed by atoms with Crippen molar-refractivity contribution in [3.8, 4) is 5.75 Å². The molecule has 0 aliphatic carbocycles. The summed E-state index contributed by atoms with van der Waals surface area (Å²) in [6.45, 7) is 3.25. The van der Waals surface area contributed by atoms with Gasteiger partial charge in [0.05, 0.1) is 29.1 Å². The Kier molecular flexibility index (Phi) is 6.89. The van der Waals surface area contributed by atoms with Crippen molar-refractivity contribution in [3.63, 3.8) is 0 Å². The smallest absolute Gasteiger partial charge is 0.394 e. The molecule has 0 saturated carbocycles. The van der Waals surface area contributed by atoms with Crippen LogP contribution in [0.2, 0.25) is 5.02 Å². The van der Waals surface area contributed by atoms with Crippen LogP contribution in [0.1, 0.15) is 45.9 Å². The van der Waals surface area contributed by atoms with Gasteiger partial charge >= 0.3 is 12.1 Å². The summed E-state index contributed by atoms with van der Waals surface area (Å²) in [7, 11) is 1.62. The first-order chi connectivity index (χ1) is 17.6. The molecule has 3 heterocycles. The minimum Gasteiger partial charge on any atom is -0.496 e. The number of halogens is 4. The van der Waals surface area contributed by atoms with Gasteiger partial charge < -0.3 is 14.8 Å². The van der Waals surface area contributed by atoms with Crippen molar-refractivity contribution in [1.82, 2.24) is 14.8 Å². The van der Waals surface area contributed by atoms with E-state index in [2.05, 4.69) is 9.88 Å².